The monoisotopic (exact) mass is 767 g/mol. The van der Waals surface area contributed by atoms with Gasteiger partial charge in [-0.05, 0) is 107 Å². The van der Waals surface area contributed by atoms with E-state index in [1.165, 1.54) is 45.2 Å². The number of rotatable bonds is 5. The van der Waals surface area contributed by atoms with Crippen molar-refractivity contribution in [1.82, 2.24) is 24.1 Å². The third-order valence-corrected chi connectivity index (χ3v) is 12.7. The number of aromatic nitrogens is 5. The van der Waals surface area contributed by atoms with Crippen molar-refractivity contribution in [1.29, 1.82) is 0 Å². The fraction of sp³-hybridized carbons (Fsp3) is 0.151. The Kier molecular flexibility index (Phi) is 7.80. The summed E-state index contributed by atoms with van der Waals surface area (Å²) >= 11 is 0. The van der Waals surface area contributed by atoms with Crippen molar-refractivity contribution < 1.29 is 4.39 Å². The van der Waals surface area contributed by atoms with E-state index in [1.807, 2.05) is 30.3 Å². The maximum Gasteiger partial charge on any atom is 0.238 e. The fourth-order valence-corrected chi connectivity index (χ4v) is 9.67. The molecule has 0 atom stereocenters. The van der Waals surface area contributed by atoms with Gasteiger partial charge in [-0.15, -0.1) is 0 Å². The van der Waals surface area contributed by atoms with Crippen LogP contribution in [-0.4, -0.2) is 24.1 Å². The SMILES string of the molecule is CC1(C)CCC(C)(C)c2c(-n3c4ccccc4c4c5c6ccccc6n(-c6nc(-c7ccc(F)cc7)nc(-c7cccc(-c8ccccc8)c7)n6)c5ccc43)cccc21. The summed E-state index contributed by atoms with van der Waals surface area (Å²) in [6.45, 7) is 9.60. The maximum atomic E-state index is 14.2. The van der Waals surface area contributed by atoms with E-state index in [0.29, 0.717) is 23.2 Å². The molecule has 0 N–H and O–H groups in total. The van der Waals surface area contributed by atoms with Gasteiger partial charge in [0.1, 0.15) is 5.82 Å². The molecule has 0 unspecified atom stereocenters. The molecule has 6 heteroatoms. The van der Waals surface area contributed by atoms with Crippen LogP contribution in [-0.2, 0) is 10.8 Å². The Balaban J connectivity index is 1.20. The number of halogens is 1. The minimum absolute atomic E-state index is 0.0124. The molecule has 7 aromatic carbocycles. The van der Waals surface area contributed by atoms with Crippen LogP contribution >= 0.6 is 0 Å². The number of benzene rings is 7. The van der Waals surface area contributed by atoms with Crippen molar-refractivity contribution in [3.05, 3.63) is 175 Å². The Morgan fingerprint density at radius 2 is 1.02 bits per heavy atom. The van der Waals surface area contributed by atoms with Gasteiger partial charge in [0.2, 0.25) is 5.95 Å². The Morgan fingerprint density at radius 1 is 0.458 bits per heavy atom. The molecule has 5 nitrogen and oxygen atoms in total. The molecule has 0 spiro atoms. The molecule has 0 radical (unpaired) electrons. The van der Waals surface area contributed by atoms with E-state index >= 15 is 0 Å². The predicted octanol–water partition coefficient (Wildman–Crippen LogP) is 13.6. The molecule has 11 rings (SSSR count). The molecule has 0 bridgehead atoms. The van der Waals surface area contributed by atoms with Crippen LogP contribution in [0.25, 0.3) is 89.2 Å². The molecule has 0 saturated carbocycles. The lowest BCUT2D eigenvalue weighted by Gasteiger charge is -2.43. The second-order valence-electron chi connectivity index (χ2n) is 17.3. The smallest absolute Gasteiger partial charge is 0.238 e. The van der Waals surface area contributed by atoms with Crippen molar-refractivity contribution in [2.24, 2.45) is 0 Å². The Morgan fingerprint density at radius 3 is 1.73 bits per heavy atom. The van der Waals surface area contributed by atoms with Crippen molar-refractivity contribution in [3.63, 3.8) is 0 Å². The molecule has 59 heavy (non-hydrogen) atoms. The quantitative estimate of drug-likeness (QED) is 0.175. The molecule has 10 aromatic rings. The van der Waals surface area contributed by atoms with E-state index < -0.39 is 0 Å². The van der Waals surface area contributed by atoms with Crippen LogP contribution in [0.3, 0.4) is 0 Å². The zero-order valence-corrected chi connectivity index (χ0v) is 33.5. The first-order valence-electron chi connectivity index (χ1n) is 20.4. The molecule has 3 heterocycles. The van der Waals surface area contributed by atoms with E-state index in [9.17, 15) is 4.39 Å². The number of hydrogen-bond donors (Lipinski definition) is 0. The third-order valence-electron chi connectivity index (χ3n) is 12.7. The second-order valence-corrected chi connectivity index (χ2v) is 17.3. The van der Waals surface area contributed by atoms with Gasteiger partial charge >= 0.3 is 0 Å². The summed E-state index contributed by atoms with van der Waals surface area (Å²) in [7, 11) is 0. The summed E-state index contributed by atoms with van der Waals surface area (Å²) in [4.78, 5) is 15.5. The lowest BCUT2D eigenvalue weighted by atomic mass is 9.62. The zero-order chi connectivity index (χ0) is 40.0. The first-order valence-corrected chi connectivity index (χ1v) is 20.4. The number of fused-ring (bicyclic) bond motifs is 8. The first kappa shape index (κ1) is 35.3. The summed E-state index contributed by atoms with van der Waals surface area (Å²) in [5, 5.41) is 4.66. The average molecular weight is 768 g/mol. The van der Waals surface area contributed by atoms with Gasteiger partial charge < -0.3 is 4.57 Å². The van der Waals surface area contributed by atoms with Crippen LogP contribution in [0.4, 0.5) is 4.39 Å². The van der Waals surface area contributed by atoms with E-state index in [2.05, 4.69) is 140 Å². The average Bonchev–Trinajstić information content (AvgIpc) is 3.78. The highest BCUT2D eigenvalue weighted by Gasteiger charge is 2.39. The van der Waals surface area contributed by atoms with Gasteiger partial charge in [-0.1, -0.05) is 125 Å². The van der Waals surface area contributed by atoms with Crippen molar-refractivity contribution in [2.45, 2.75) is 51.4 Å². The van der Waals surface area contributed by atoms with Crippen molar-refractivity contribution in [3.8, 4) is 45.5 Å². The zero-order valence-electron chi connectivity index (χ0n) is 33.5. The summed E-state index contributed by atoms with van der Waals surface area (Å²) in [5.74, 6) is 1.19. The van der Waals surface area contributed by atoms with Crippen LogP contribution in [0.5, 0.6) is 0 Å². The van der Waals surface area contributed by atoms with Gasteiger partial charge in [0.15, 0.2) is 11.6 Å². The van der Waals surface area contributed by atoms with Gasteiger partial charge in [0.25, 0.3) is 0 Å². The maximum absolute atomic E-state index is 14.2. The lowest BCUT2D eigenvalue weighted by molar-refractivity contribution is 0.331. The van der Waals surface area contributed by atoms with Gasteiger partial charge in [0, 0.05) is 32.7 Å². The summed E-state index contributed by atoms with van der Waals surface area (Å²) in [6, 6.07) is 53.8. The molecule has 0 aliphatic heterocycles. The van der Waals surface area contributed by atoms with Gasteiger partial charge in [-0.2, -0.15) is 9.97 Å². The highest BCUT2D eigenvalue weighted by Crippen LogP contribution is 2.50. The van der Waals surface area contributed by atoms with Gasteiger partial charge in [-0.25, -0.2) is 9.37 Å². The molecular weight excluding hydrogens is 726 g/mol. The van der Waals surface area contributed by atoms with Crippen LogP contribution in [0, 0.1) is 5.82 Å². The Labute approximate surface area is 342 Å². The van der Waals surface area contributed by atoms with Gasteiger partial charge in [-0.3, -0.25) is 4.57 Å². The van der Waals surface area contributed by atoms with Gasteiger partial charge in [0.05, 0.1) is 27.8 Å². The minimum Gasteiger partial charge on any atom is -0.309 e. The van der Waals surface area contributed by atoms with Crippen LogP contribution in [0.15, 0.2) is 158 Å². The van der Waals surface area contributed by atoms with E-state index in [1.54, 1.807) is 12.1 Å². The molecule has 0 fully saturated rings. The van der Waals surface area contributed by atoms with Crippen molar-refractivity contribution in [2.75, 3.05) is 0 Å². The van der Waals surface area contributed by atoms with Crippen LogP contribution in [0.1, 0.15) is 51.7 Å². The minimum atomic E-state index is -0.312. The number of para-hydroxylation sites is 2. The van der Waals surface area contributed by atoms with E-state index in [0.717, 1.165) is 56.9 Å². The molecular formula is C53H42FN5. The number of nitrogens with zero attached hydrogens (tertiary/aromatic N) is 5. The molecule has 1 aliphatic carbocycles. The van der Waals surface area contributed by atoms with Crippen LogP contribution < -0.4 is 0 Å². The Bertz CT molecular complexity index is 3280. The number of hydrogen-bond acceptors (Lipinski definition) is 3. The van der Waals surface area contributed by atoms with E-state index in [4.69, 9.17) is 15.0 Å². The van der Waals surface area contributed by atoms with Crippen molar-refractivity contribution >= 4 is 43.6 Å². The Hall–Kier alpha value is -6.92. The normalized spacial score (nSPS) is 14.7. The topological polar surface area (TPSA) is 48.5 Å². The molecule has 3 aromatic heterocycles. The molecule has 1 aliphatic rings. The molecule has 286 valence electrons. The highest BCUT2D eigenvalue weighted by molar-refractivity contribution is 6.28. The summed E-state index contributed by atoms with van der Waals surface area (Å²) in [5.41, 5.74) is 12.3. The highest BCUT2D eigenvalue weighted by atomic mass is 19.1. The predicted molar refractivity (Wildman–Crippen MR) is 240 cm³/mol. The summed E-state index contributed by atoms with van der Waals surface area (Å²) in [6.07, 6.45) is 2.28. The summed E-state index contributed by atoms with van der Waals surface area (Å²) < 4.78 is 18.9. The molecule has 0 saturated heterocycles. The second kappa shape index (κ2) is 13.0. The third kappa shape index (κ3) is 5.54. The largest absolute Gasteiger partial charge is 0.309 e. The first-order chi connectivity index (χ1) is 28.7. The van der Waals surface area contributed by atoms with Crippen LogP contribution in [0.2, 0.25) is 0 Å². The molecule has 0 amide bonds. The standard InChI is InChI=1S/C53H42FN5/c1-52(2)30-31-53(3,4)48-40(52)20-13-23-45(48)58-41-21-10-8-18-38(41)46-43(58)28-29-44-47(46)39-19-9-11-22-42(39)59(44)51-56-49(34-24-26-37(54)27-25-34)55-50(57-51)36-17-12-16-35(32-36)33-14-6-5-7-15-33/h5-29,32H,30-31H2,1-4H3. The lowest BCUT2D eigenvalue weighted by Crippen LogP contribution is -2.35. The van der Waals surface area contributed by atoms with E-state index in [-0.39, 0.29) is 16.6 Å². The fourth-order valence-electron chi connectivity index (χ4n) is 9.67.